The van der Waals surface area contributed by atoms with Crippen LogP contribution in [-0.4, -0.2) is 17.6 Å². The van der Waals surface area contributed by atoms with Gasteiger partial charge in [0, 0.05) is 16.7 Å². The van der Waals surface area contributed by atoms with E-state index >= 15 is 0 Å². The van der Waals surface area contributed by atoms with Crippen molar-refractivity contribution in [3.05, 3.63) is 28.2 Å². The fourth-order valence-corrected chi connectivity index (χ4v) is 2.89. The van der Waals surface area contributed by atoms with Gasteiger partial charge in [-0.15, -0.1) is 0 Å². The molecule has 0 aliphatic heterocycles. The Hall–Kier alpha value is -1.03. The van der Waals surface area contributed by atoms with Gasteiger partial charge in [0.25, 0.3) is 0 Å². The Bertz CT molecular complexity index is 414. The number of carbonyl (C=O) groups is 1. The molecule has 2 rings (SSSR count). The fourth-order valence-electron chi connectivity index (χ4n) is 2.36. The van der Waals surface area contributed by atoms with Gasteiger partial charge in [0.15, 0.2) is 0 Å². The number of carboxylic acids is 1. The Kier molecular flexibility index (Phi) is 4.05. The van der Waals surface area contributed by atoms with E-state index in [1.807, 2.05) is 12.1 Å². The summed E-state index contributed by atoms with van der Waals surface area (Å²) in [5, 5.41) is 12.4. The lowest BCUT2D eigenvalue weighted by atomic mass is 10.1. The van der Waals surface area contributed by atoms with Crippen LogP contribution in [0.15, 0.2) is 22.7 Å². The van der Waals surface area contributed by atoms with Crippen LogP contribution in [0.3, 0.4) is 0 Å². The smallest absolute Gasteiger partial charge is 0.338 e. The Morgan fingerprint density at radius 3 is 2.76 bits per heavy atom. The molecule has 1 aromatic rings. The number of halogens is 1. The molecule has 0 spiro atoms. The number of benzene rings is 1. The van der Waals surface area contributed by atoms with Gasteiger partial charge in [0.05, 0.1) is 5.56 Å². The van der Waals surface area contributed by atoms with E-state index in [-0.39, 0.29) is 0 Å². The first-order valence-electron chi connectivity index (χ1n) is 5.94. The third-order valence-corrected chi connectivity index (χ3v) is 3.94. The molecule has 92 valence electrons. The second kappa shape index (κ2) is 5.54. The number of hydrogen-bond acceptors (Lipinski definition) is 2. The van der Waals surface area contributed by atoms with Crippen LogP contribution in [0.25, 0.3) is 0 Å². The zero-order valence-corrected chi connectivity index (χ0v) is 11.2. The summed E-state index contributed by atoms with van der Waals surface area (Å²) in [5.41, 5.74) is 1.03. The minimum atomic E-state index is -0.897. The van der Waals surface area contributed by atoms with Gasteiger partial charge in [-0.3, -0.25) is 0 Å². The molecule has 1 saturated carbocycles. The van der Waals surface area contributed by atoms with Crippen LogP contribution in [0.5, 0.6) is 0 Å². The molecule has 0 unspecified atom stereocenters. The Morgan fingerprint density at radius 2 is 2.12 bits per heavy atom. The summed E-state index contributed by atoms with van der Waals surface area (Å²) in [5.74, 6) is -0.206. The summed E-state index contributed by atoms with van der Waals surface area (Å²) >= 11 is 3.28. The van der Waals surface area contributed by atoms with Gasteiger partial charge in [-0.25, -0.2) is 4.79 Å². The van der Waals surface area contributed by atoms with Crippen LogP contribution in [0.2, 0.25) is 0 Å². The normalized spacial score (nSPS) is 16.1. The number of carboxylic acid groups (broad SMARTS) is 1. The lowest BCUT2D eigenvalue weighted by Crippen LogP contribution is -2.14. The highest BCUT2D eigenvalue weighted by atomic mass is 79.9. The highest BCUT2D eigenvalue weighted by Crippen LogP contribution is 2.28. The van der Waals surface area contributed by atoms with E-state index < -0.39 is 5.97 Å². The zero-order valence-electron chi connectivity index (χ0n) is 9.58. The van der Waals surface area contributed by atoms with E-state index in [0.29, 0.717) is 21.6 Å². The van der Waals surface area contributed by atoms with Crippen molar-refractivity contribution in [1.29, 1.82) is 0 Å². The molecule has 17 heavy (non-hydrogen) atoms. The molecule has 3 nitrogen and oxygen atoms in total. The van der Waals surface area contributed by atoms with E-state index in [1.165, 1.54) is 25.7 Å². The standard InChI is InChI=1S/C13H16BrNO2/c14-10-6-3-7-11(12(10)13(16)17)15-8-9-4-1-2-5-9/h3,6-7,9,15H,1-2,4-5,8H2,(H,16,17). The van der Waals surface area contributed by atoms with Gasteiger partial charge in [0.1, 0.15) is 0 Å². The SMILES string of the molecule is O=C(O)c1c(Br)cccc1NCC1CCCC1. The first-order valence-corrected chi connectivity index (χ1v) is 6.73. The molecule has 0 atom stereocenters. The maximum absolute atomic E-state index is 11.2. The summed E-state index contributed by atoms with van der Waals surface area (Å²) < 4.78 is 0.626. The van der Waals surface area contributed by atoms with E-state index in [4.69, 9.17) is 5.11 Å². The molecule has 0 bridgehead atoms. The number of hydrogen-bond donors (Lipinski definition) is 2. The largest absolute Gasteiger partial charge is 0.478 e. The van der Waals surface area contributed by atoms with E-state index in [9.17, 15) is 4.79 Å². The van der Waals surface area contributed by atoms with Crippen LogP contribution < -0.4 is 5.32 Å². The molecule has 1 aliphatic rings. The number of aromatic carboxylic acids is 1. The summed E-state index contributed by atoms with van der Waals surface area (Å²) in [6.07, 6.45) is 5.11. The monoisotopic (exact) mass is 297 g/mol. The van der Waals surface area contributed by atoms with Gasteiger partial charge in [-0.05, 0) is 46.8 Å². The predicted octanol–water partition coefficient (Wildman–Crippen LogP) is 3.75. The minimum Gasteiger partial charge on any atom is -0.478 e. The van der Waals surface area contributed by atoms with Crippen molar-refractivity contribution in [2.45, 2.75) is 25.7 Å². The minimum absolute atomic E-state index is 0.325. The molecule has 0 aromatic heterocycles. The summed E-state index contributed by atoms with van der Waals surface area (Å²) in [7, 11) is 0. The molecule has 0 saturated heterocycles. The van der Waals surface area contributed by atoms with Gasteiger partial charge in [0.2, 0.25) is 0 Å². The first kappa shape index (κ1) is 12.4. The molecule has 1 aromatic carbocycles. The zero-order chi connectivity index (χ0) is 12.3. The third kappa shape index (κ3) is 3.00. The molecule has 0 heterocycles. The highest BCUT2D eigenvalue weighted by Gasteiger charge is 2.17. The van der Waals surface area contributed by atoms with Gasteiger partial charge in [-0.1, -0.05) is 18.9 Å². The van der Waals surface area contributed by atoms with Crippen molar-refractivity contribution in [2.24, 2.45) is 5.92 Å². The van der Waals surface area contributed by atoms with Crippen LogP contribution in [0, 0.1) is 5.92 Å². The van der Waals surface area contributed by atoms with Crippen molar-refractivity contribution < 1.29 is 9.90 Å². The summed E-state index contributed by atoms with van der Waals surface area (Å²) in [6.45, 7) is 0.872. The average molecular weight is 298 g/mol. The van der Waals surface area contributed by atoms with Crippen LogP contribution >= 0.6 is 15.9 Å². The average Bonchev–Trinajstić information content (AvgIpc) is 2.78. The van der Waals surface area contributed by atoms with Crippen molar-refractivity contribution in [2.75, 3.05) is 11.9 Å². The lowest BCUT2D eigenvalue weighted by Gasteiger charge is -2.14. The van der Waals surface area contributed by atoms with Crippen molar-refractivity contribution in [1.82, 2.24) is 0 Å². The van der Waals surface area contributed by atoms with Gasteiger partial charge in [-0.2, -0.15) is 0 Å². The quantitative estimate of drug-likeness (QED) is 0.890. The molecular formula is C13H16BrNO2. The maximum Gasteiger partial charge on any atom is 0.338 e. The Morgan fingerprint density at radius 1 is 1.41 bits per heavy atom. The van der Waals surface area contributed by atoms with E-state index in [1.54, 1.807) is 6.07 Å². The molecular weight excluding hydrogens is 282 g/mol. The van der Waals surface area contributed by atoms with Crippen LogP contribution in [0.4, 0.5) is 5.69 Å². The molecule has 1 fully saturated rings. The second-order valence-corrected chi connectivity index (χ2v) is 5.35. The number of nitrogens with one attached hydrogen (secondary N) is 1. The van der Waals surface area contributed by atoms with Crippen LogP contribution in [-0.2, 0) is 0 Å². The molecule has 1 aliphatic carbocycles. The summed E-state index contributed by atoms with van der Waals surface area (Å²) in [6, 6.07) is 5.43. The van der Waals surface area contributed by atoms with Gasteiger partial charge >= 0.3 is 5.97 Å². The second-order valence-electron chi connectivity index (χ2n) is 4.50. The molecule has 4 heteroatoms. The Balaban J connectivity index is 2.09. The van der Waals surface area contributed by atoms with Gasteiger partial charge < -0.3 is 10.4 Å². The number of rotatable bonds is 4. The Labute approximate surface area is 109 Å². The predicted molar refractivity (Wildman–Crippen MR) is 71.5 cm³/mol. The highest BCUT2D eigenvalue weighted by molar-refractivity contribution is 9.10. The van der Waals surface area contributed by atoms with E-state index in [0.717, 1.165) is 6.54 Å². The first-order chi connectivity index (χ1) is 8.18. The van der Waals surface area contributed by atoms with Crippen LogP contribution in [0.1, 0.15) is 36.0 Å². The fraction of sp³-hybridized carbons (Fsp3) is 0.462. The summed E-state index contributed by atoms with van der Waals surface area (Å²) in [4.78, 5) is 11.2. The van der Waals surface area contributed by atoms with Crippen molar-refractivity contribution >= 4 is 27.6 Å². The molecule has 0 amide bonds. The van der Waals surface area contributed by atoms with Crippen molar-refractivity contribution in [3.63, 3.8) is 0 Å². The molecule has 0 radical (unpaired) electrons. The van der Waals surface area contributed by atoms with Crippen molar-refractivity contribution in [3.8, 4) is 0 Å². The lowest BCUT2D eigenvalue weighted by molar-refractivity contribution is 0.0697. The maximum atomic E-state index is 11.2. The third-order valence-electron chi connectivity index (χ3n) is 3.28. The molecule has 2 N–H and O–H groups in total. The number of anilines is 1. The van der Waals surface area contributed by atoms with E-state index in [2.05, 4.69) is 21.2 Å². The topological polar surface area (TPSA) is 49.3 Å².